The van der Waals surface area contributed by atoms with Crippen LogP contribution in [0.15, 0.2) is 18.2 Å². The molecule has 1 atom stereocenters. The number of morpholine rings is 1. The molecule has 1 saturated heterocycles. The van der Waals surface area contributed by atoms with Gasteiger partial charge in [-0.05, 0) is 40.3 Å². The fraction of sp³-hybridized carbons (Fsp3) is 0.400. The van der Waals surface area contributed by atoms with Crippen LogP contribution in [0.1, 0.15) is 11.6 Å². The van der Waals surface area contributed by atoms with Gasteiger partial charge in [0.1, 0.15) is 5.82 Å². The van der Waals surface area contributed by atoms with E-state index in [1.807, 2.05) is 34.7 Å². The van der Waals surface area contributed by atoms with Crippen LogP contribution < -0.4 is 5.32 Å². The Bertz CT molecular complexity index is 326. The van der Waals surface area contributed by atoms with Gasteiger partial charge in [-0.2, -0.15) is 0 Å². The minimum Gasteiger partial charge on any atom is -0.378 e. The second kappa shape index (κ2) is 4.55. The molecule has 1 heterocycles. The topological polar surface area (TPSA) is 21.3 Å². The van der Waals surface area contributed by atoms with Gasteiger partial charge < -0.3 is 10.1 Å². The second-order valence-corrected chi connectivity index (χ2v) is 4.42. The zero-order valence-electron chi connectivity index (χ0n) is 7.59. The van der Waals surface area contributed by atoms with Crippen molar-refractivity contribution in [2.75, 3.05) is 19.8 Å². The summed E-state index contributed by atoms with van der Waals surface area (Å²) in [4.78, 5) is 0. The lowest BCUT2D eigenvalue weighted by molar-refractivity contribution is 0.0768. The summed E-state index contributed by atoms with van der Waals surface area (Å²) in [5.74, 6) is -0.161. The Balaban J connectivity index is 2.18. The van der Waals surface area contributed by atoms with Gasteiger partial charge in [0, 0.05) is 10.1 Å². The van der Waals surface area contributed by atoms with Gasteiger partial charge in [-0.25, -0.2) is 4.39 Å². The van der Waals surface area contributed by atoms with Gasteiger partial charge in [-0.1, -0.05) is 6.07 Å². The molecule has 0 unspecified atom stereocenters. The second-order valence-electron chi connectivity index (χ2n) is 3.26. The van der Waals surface area contributed by atoms with Gasteiger partial charge in [0.25, 0.3) is 0 Å². The predicted octanol–water partition coefficient (Wildman–Crippen LogP) is 2.09. The highest BCUT2D eigenvalue weighted by atomic mass is 127. The Labute approximate surface area is 96.0 Å². The maximum atomic E-state index is 13.0. The SMILES string of the molecule is Fc1ccc([C@@H]2COCCN2)cc1I. The number of rotatable bonds is 1. The molecule has 0 spiro atoms. The van der Waals surface area contributed by atoms with Crippen molar-refractivity contribution in [3.63, 3.8) is 0 Å². The van der Waals surface area contributed by atoms with E-state index in [4.69, 9.17) is 4.74 Å². The maximum Gasteiger partial charge on any atom is 0.136 e. The van der Waals surface area contributed by atoms with Crippen LogP contribution in [-0.4, -0.2) is 19.8 Å². The van der Waals surface area contributed by atoms with Crippen molar-refractivity contribution in [2.45, 2.75) is 6.04 Å². The predicted molar refractivity (Wildman–Crippen MR) is 60.7 cm³/mol. The van der Waals surface area contributed by atoms with Crippen LogP contribution in [0.2, 0.25) is 0 Å². The van der Waals surface area contributed by atoms with E-state index in [-0.39, 0.29) is 11.9 Å². The molecule has 1 aliphatic heterocycles. The van der Waals surface area contributed by atoms with E-state index in [2.05, 4.69) is 5.32 Å². The average Bonchev–Trinajstić information content (AvgIpc) is 2.23. The van der Waals surface area contributed by atoms with Crippen LogP contribution in [0.3, 0.4) is 0 Å². The first-order chi connectivity index (χ1) is 6.77. The molecule has 1 aromatic rings. The molecule has 0 bridgehead atoms. The highest BCUT2D eigenvalue weighted by Crippen LogP contribution is 2.20. The summed E-state index contributed by atoms with van der Waals surface area (Å²) in [6.45, 7) is 2.29. The Morgan fingerprint density at radius 3 is 3.00 bits per heavy atom. The van der Waals surface area contributed by atoms with E-state index < -0.39 is 0 Å². The first kappa shape index (κ1) is 10.3. The Kier molecular flexibility index (Phi) is 3.35. The zero-order chi connectivity index (χ0) is 9.97. The molecule has 4 heteroatoms. The van der Waals surface area contributed by atoms with Gasteiger partial charge in [0.15, 0.2) is 0 Å². The van der Waals surface area contributed by atoms with Crippen LogP contribution in [0.25, 0.3) is 0 Å². The highest BCUT2D eigenvalue weighted by Gasteiger charge is 2.15. The summed E-state index contributed by atoms with van der Waals surface area (Å²) >= 11 is 2.00. The van der Waals surface area contributed by atoms with Crippen LogP contribution in [0.4, 0.5) is 4.39 Å². The van der Waals surface area contributed by atoms with Crippen LogP contribution in [-0.2, 0) is 4.74 Å². The van der Waals surface area contributed by atoms with Gasteiger partial charge in [0.2, 0.25) is 0 Å². The van der Waals surface area contributed by atoms with Crippen molar-refractivity contribution in [1.29, 1.82) is 0 Å². The molecule has 0 radical (unpaired) electrons. The first-order valence-corrected chi connectivity index (χ1v) is 5.61. The van der Waals surface area contributed by atoms with Crippen molar-refractivity contribution in [3.05, 3.63) is 33.1 Å². The van der Waals surface area contributed by atoms with Crippen LogP contribution in [0.5, 0.6) is 0 Å². The van der Waals surface area contributed by atoms with Crippen molar-refractivity contribution < 1.29 is 9.13 Å². The zero-order valence-corrected chi connectivity index (χ0v) is 9.75. The van der Waals surface area contributed by atoms with Crippen LogP contribution in [0, 0.1) is 9.39 Å². The van der Waals surface area contributed by atoms with E-state index in [1.165, 1.54) is 6.07 Å². The standard InChI is InChI=1S/C10H11FINO/c11-8-2-1-7(5-9(8)12)10-6-14-4-3-13-10/h1-2,5,10,13H,3-4,6H2/t10-/m0/s1. The molecule has 14 heavy (non-hydrogen) atoms. The fourth-order valence-electron chi connectivity index (χ4n) is 1.51. The van der Waals surface area contributed by atoms with E-state index >= 15 is 0 Å². The Morgan fingerprint density at radius 1 is 1.50 bits per heavy atom. The summed E-state index contributed by atoms with van der Waals surface area (Å²) in [6.07, 6.45) is 0. The summed E-state index contributed by atoms with van der Waals surface area (Å²) < 4.78 is 19.0. The Hall–Kier alpha value is -0.200. The lowest BCUT2D eigenvalue weighted by atomic mass is 10.1. The van der Waals surface area contributed by atoms with Gasteiger partial charge >= 0.3 is 0 Å². The fourth-order valence-corrected chi connectivity index (χ4v) is 2.05. The first-order valence-electron chi connectivity index (χ1n) is 4.53. The molecule has 0 saturated carbocycles. The van der Waals surface area contributed by atoms with E-state index in [0.717, 1.165) is 18.7 Å². The molecular formula is C10H11FINO. The summed E-state index contributed by atoms with van der Waals surface area (Å²) in [5.41, 5.74) is 1.09. The van der Waals surface area contributed by atoms with Crippen molar-refractivity contribution in [2.24, 2.45) is 0 Å². The molecule has 2 rings (SSSR count). The number of hydrogen-bond acceptors (Lipinski definition) is 2. The molecule has 0 aliphatic carbocycles. The molecule has 1 aliphatic rings. The lowest BCUT2D eigenvalue weighted by Crippen LogP contribution is -2.34. The molecule has 1 aromatic carbocycles. The minimum atomic E-state index is -0.161. The monoisotopic (exact) mass is 307 g/mol. The van der Waals surface area contributed by atoms with Gasteiger partial charge in [-0.3, -0.25) is 0 Å². The van der Waals surface area contributed by atoms with Gasteiger partial charge in [-0.15, -0.1) is 0 Å². The smallest absolute Gasteiger partial charge is 0.136 e. The molecule has 0 amide bonds. The molecule has 1 N–H and O–H groups in total. The van der Waals surface area contributed by atoms with E-state index in [1.54, 1.807) is 0 Å². The largest absolute Gasteiger partial charge is 0.378 e. The minimum absolute atomic E-state index is 0.161. The molecular weight excluding hydrogens is 296 g/mol. The van der Waals surface area contributed by atoms with E-state index in [9.17, 15) is 4.39 Å². The lowest BCUT2D eigenvalue weighted by Gasteiger charge is -2.24. The number of ether oxygens (including phenoxy) is 1. The number of halogens is 2. The number of nitrogens with one attached hydrogen (secondary N) is 1. The van der Waals surface area contributed by atoms with Gasteiger partial charge in [0.05, 0.1) is 19.3 Å². The van der Waals surface area contributed by atoms with E-state index in [0.29, 0.717) is 10.2 Å². The summed E-state index contributed by atoms with van der Waals surface area (Å²) in [7, 11) is 0. The quantitative estimate of drug-likeness (QED) is 0.802. The molecule has 2 nitrogen and oxygen atoms in total. The molecule has 76 valence electrons. The average molecular weight is 307 g/mol. The molecule has 1 fully saturated rings. The number of hydrogen-bond donors (Lipinski definition) is 1. The third-order valence-corrected chi connectivity index (χ3v) is 3.09. The maximum absolute atomic E-state index is 13.0. The van der Waals surface area contributed by atoms with Crippen molar-refractivity contribution in [1.82, 2.24) is 5.32 Å². The molecule has 0 aromatic heterocycles. The number of benzene rings is 1. The van der Waals surface area contributed by atoms with Crippen molar-refractivity contribution in [3.8, 4) is 0 Å². The van der Waals surface area contributed by atoms with Crippen molar-refractivity contribution >= 4 is 22.6 Å². The summed E-state index contributed by atoms with van der Waals surface area (Å²) in [6, 6.07) is 5.39. The highest BCUT2D eigenvalue weighted by molar-refractivity contribution is 14.1. The normalized spacial score (nSPS) is 22.3. The Morgan fingerprint density at radius 2 is 2.36 bits per heavy atom. The summed E-state index contributed by atoms with van der Waals surface area (Å²) in [5, 5.41) is 3.33. The third-order valence-electron chi connectivity index (χ3n) is 2.27. The third kappa shape index (κ3) is 2.24. The van der Waals surface area contributed by atoms with Crippen LogP contribution >= 0.6 is 22.6 Å².